The van der Waals surface area contributed by atoms with E-state index in [9.17, 15) is 10.4 Å². The third kappa shape index (κ3) is 1.47. The Labute approximate surface area is 103 Å². The van der Waals surface area contributed by atoms with Crippen molar-refractivity contribution in [3.05, 3.63) is 22.2 Å². The Bertz CT molecular complexity index is 461. The highest BCUT2D eigenvalue weighted by molar-refractivity contribution is 9.10. The number of nitriles is 1. The van der Waals surface area contributed by atoms with Crippen LogP contribution in [0.4, 0.5) is 0 Å². The van der Waals surface area contributed by atoms with Gasteiger partial charge in [-0.3, -0.25) is 0 Å². The molecule has 0 aliphatic heterocycles. The molecule has 0 bridgehead atoms. The number of benzene rings is 1. The van der Waals surface area contributed by atoms with E-state index in [0.717, 1.165) is 24.8 Å². The van der Waals surface area contributed by atoms with E-state index < -0.39 is 5.41 Å². The lowest BCUT2D eigenvalue weighted by Crippen LogP contribution is -2.32. The highest BCUT2D eigenvalue weighted by atomic mass is 79.9. The fraction of sp³-hybridized carbons (Fsp3) is 0.417. The van der Waals surface area contributed by atoms with Crippen molar-refractivity contribution in [1.82, 2.24) is 0 Å². The molecule has 2 rings (SSSR count). The number of methoxy groups -OCH3 is 1. The molecule has 1 N–H and O–H groups in total. The van der Waals surface area contributed by atoms with E-state index in [1.807, 2.05) is 6.07 Å². The van der Waals surface area contributed by atoms with Crippen LogP contribution in [0.5, 0.6) is 11.5 Å². The van der Waals surface area contributed by atoms with Crippen LogP contribution in [0, 0.1) is 11.3 Å². The van der Waals surface area contributed by atoms with Crippen molar-refractivity contribution in [3.63, 3.8) is 0 Å². The quantitative estimate of drug-likeness (QED) is 0.906. The molecule has 0 spiro atoms. The molecule has 1 fully saturated rings. The maximum atomic E-state index is 9.88. The van der Waals surface area contributed by atoms with Crippen molar-refractivity contribution < 1.29 is 9.84 Å². The fourth-order valence-electron chi connectivity index (χ4n) is 2.05. The molecule has 1 aromatic carbocycles. The molecule has 0 aromatic heterocycles. The number of nitrogens with zero attached hydrogens (tertiary/aromatic N) is 1. The van der Waals surface area contributed by atoms with Crippen molar-refractivity contribution in [1.29, 1.82) is 5.26 Å². The Hall–Kier alpha value is -1.21. The van der Waals surface area contributed by atoms with Crippen LogP contribution in [-0.2, 0) is 5.41 Å². The van der Waals surface area contributed by atoms with Crippen molar-refractivity contribution >= 4 is 15.9 Å². The summed E-state index contributed by atoms with van der Waals surface area (Å²) in [4.78, 5) is 0. The van der Waals surface area contributed by atoms with Gasteiger partial charge in [-0.05, 0) is 46.8 Å². The Morgan fingerprint density at radius 3 is 2.62 bits per heavy atom. The number of phenols is 1. The second kappa shape index (κ2) is 3.99. The predicted octanol–water partition coefficient (Wildman–Crippen LogP) is 3.11. The maximum absolute atomic E-state index is 9.88. The van der Waals surface area contributed by atoms with Crippen LogP contribution in [0.1, 0.15) is 24.8 Å². The number of ether oxygens (including phenoxy) is 1. The van der Waals surface area contributed by atoms with Gasteiger partial charge in [-0.15, -0.1) is 0 Å². The molecule has 0 radical (unpaired) electrons. The van der Waals surface area contributed by atoms with Gasteiger partial charge in [0.15, 0.2) is 11.5 Å². The number of phenolic OH excluding ortho intramolecular Hbond substituents is 1. The van der Waals surface area contributed by atoms with E-state index in [4.69, 9.17) is 4.74 Å². The number of hydrogen-bond donors (Lipinski definition) is 1. The summed E-state index contributed by atoms with van der Waals surface area (Å²) in [5.74, 6) is 0.490. The predicted molar refractivity (Wildman–Crippen MR) is 63.5 cm³/mol. The zero-order chi connectivity index (χ0) is 11.8. The third-order valence-electron chi connectivity index (χ3n) is 3.24. The van der Waals surface area contributed by atoms with Crippen molar-refractivity contribution in [2.75, 3.05) is 7.11 Å². The lowest BCUT2D eigenvalue weighted by molar-refractivity contribution is 0.318. The number of hydrogen-bond acceptors (Lipinski definition) is 3. The molecule has 3 nitrogen and oxygen atoms in total. The van der Waals surface area contributed by atoms with Crippen LogP contribution in [0.2, 0.25) is 0 Å². The SMILES string of the molecule is COc1ccc(C2(C#N)CCC2)c(Br)c1O. The van der Waals surface area contributed by atoms with Gasteiger partial charge in [-0.2, -0.15) is 5.26 Å². The number of aromatic hydroxyl groups is 1. The second-order valence-electron chi connectivity index (χ2n) is 4.03. The Morgan fingerprint density at radius 1 is 1.50 bits per heavy atom. The Balaban J connectivity index is 2.52. The number of rotatable bonds is 2. The molecule has 1 aliphatic rings. The smallest absolute Gasteiger partial charge is 0.172 e. The number of halogens is 1. The zero-order valence-electron chi connectivity index (χ0n) is 8.96. The zero-order valence-corrected chi connectivity index (χ0v) is 10.5. The van der Waals surface area contributed by atoms with Gasteiger partial charge >= 0.3 is 0 Å². The van der Waals surface area contributed by atoms with Gasteiger partial charge in [-0.25, -0.2) is 0 Å². The van der Waals surface area contributed by atoms with Gasteiger partial charge in [0, 0.05) is 0 Å². The molecule has 84 valence electrons. The first-order chi connectivity index (χ1) is 7.64. The highest BCUT2D eigenvalue weighted by Gasteiger charge is 2.41. The third-order valence-corrected chi connectivity index (χ3v) is 4.04. The van der Waals surface area contributed by atoms with Crippen molar-refractivity contribution in [2.24, 2.45) is 0 Å². The van der Waals surface area contributed by atoms with Crippen LogP contribution in [-0.4, -0.2) is 12.2 Å². The summed E-state index contributed by atoms with van der Waals surface area (Å²) < 4.78 is 5.59. The van der Waals surface area contributed by atoms with Gasteiger partial charge < -0.3 is 9.84 Å². The Kier molecular flexibility index (Phi) is 2.81. The van der Waals surface area contributed by atoms with Crippen LogP contribution in [0.3, 0.4) is 0 Å². The second-order valence-corrected chi connectivity index (χ2v) is 4.82. The summed E-state index contributed by atoms with van der Waals surface area (Å²) in [6.07, 6.45) is 2.77. The van der Waals surface area contributed by atoms with Gasteiger partial charge in [-0.1, -0.05) is 6.07 Å². The molecular formula is C12H12BrNO2. The first kappa shape index (κ1) is 11.3. The van der Waals surface area contributed by atoms with E-state index in [1.165, 1.54) is 7.11 Å². The highest BCUT2D eigenvalue weighted by Crippen LogP contribution is 2.49. The van der Waals surface area contributed by atoms with E-state index in [-0.39, 0.29) is 5.75 Å². The lowest BCUT2D eigenvalue weighted by Gasteiger charge is -2.36. The molecule has 4 heteroatoms. The Morgan fingerprint density at radius 2 is 2.19 bits per heavy atom. The average Bonchev–Trinajstić information content (AvgIpc) is 2.23. The van der Waals surface area contributed by atoms with Gasteiger partial charge in [0.05, 0.1) is 23.1 Å². The molecule has 0 amide bonds. The van der Waals surface area contributed by atoms with E-state index >= 15 is 0 Å². The monoisotopic (exact) mass is 281 g/mol. The molecule has 1 aliphatic carbocycles. The van der Waals surface area contributed by atoms with Crippen LogP contribution in [0.15, 0.2) is 16.6 Å². The molecule has 0 unspecified atom stereocenters. The molecule has 0 heterocycles. The van der Waals surface area contributed by atoms with Crippen molar-refractivity contribution in [2.45, 2.75) is 24.7 Å². The average molecular weight is 282 g/mol. The topological polar surface area (TPSA) is 53.2 Å². The summed E-state index contributed by atoms with van der Waals surface area (Å²) in [6.45, 7) is 0. The summed E-state index contributed by atoms with van der Waals surface area (Å²) in [5, 5.41) is 19.1. The molecule has 1 aromatic rings. The van der Waals surface area contributed by atoms with Crippen LogP contribution >= 0.6 is 15.9 Å². The van der Waals surface area contributed by atoms with Gasteiger partial charge in [0.1, 0.15) is 0 Å². The van der Waals surface area contributed by atoms with Crippen LogP contribution < -0.4 is 4.74 Å². The van der Waals surface area contributed by atoms with E-state index in [0.29, 0.717) is 10.2 Å². The van der Waals surface area contributed by atoms with E-state index in [2.05, 4.69) is 22.0 Å². The summed E-state index contributed by atoms with van der Waals surface area (Å²) >= 11 is 3.34. The first-order valence-corrected chi connectivity index (χ1v) is 5.91. The largest absolute Gasteiger partial charge is 0.503 e. The molecule has 1 saturated carbocycles. The minimum atomic E-state index is -0.428. The minimum absolute atomic E-state index is 0.0709. The normalized spacial score (nSPS) is 17.3. The summed E-state index contributed by atoms with van der Waals surface area (Å²) in [6, 6.07) is 5.91. The summed E-state index contributed by atoms with van der Waals surface area (Å²) in [5.41, 5.74) is 0.433. The van der Waals surface area contributed by atoms with Crippen molar-refractivity contribution in [3.8, 4) is 17.6 Å². The lowest BCUT2D eigenvalue weighted by atomic mass is 9.65. The molecular weight excluding hydrogens is 270 g/mol. The molecule has 0 saturated heterocycles. The molecule has 16 heavy (non-hydrogen) atoms. The van der Waals surface area contributed by atoms with Gasteiger partial charge in [0.25, 0.3) is 0 Å². The standard InChI is InChI=1S/C12H12BrNO2/c1-16-9-4-3-8(10(13)11(9)15)12(7-14)5-2-6-12/h3-4,15H,2,5-6H2,1H3. The van der Waals surface area contributed by atoms with Crippen LogP contribution in [0.25, 0.3) is 0 Å². The minimum Gasteiger partial charge on any atom is -0.503 e. The molecule has 0 atom stereocenters. The fourth-order valence-corrected chi connectivity index (χ4v) is 2.76. The van der Waals surface area contributed by atoms with E-state index in [1.54, 1.807) is 6.07 Å². The van der Waals surface area contributed by atoms with Gasteiger partial charge in [0.2, 0.25) is 0 Å². The summed E-state index contributed by atoms with van der Waals surface area (Å²) in [7, 11) is 1.50. The maximum Gasteiger partial charge on any atom is 0.172 e. The first-order valence-electron chi connectivity index (χ1n) is 5.12.